The summed E-state index contributed by atoms with van der Waals surface area (Å²) >= 11 is 0. The molecule has 1 aliphatic heterocycles. The van der Waals surface area contributed by atoms with Crippen molar-refractivity contribution >= 4 is 25.3 Å². The van der Waals surface area contributed by atoms with Gasteiger partial charge in [0.15, 0.2) is 8.32 Å². The van der Waals surface area contributed by atoms with Gasteiger partial charge in [0.25, 0.3) is 0 Å². The minimum absolute atomic E-state index is 0.163. The van der Waals surface area contributed by atoms with Crippen LogP contribution < -0.4 is 5.32 Å². The van der Waals surface area contributed by atoms with E-state index in [0.717, 1.165) is 43.6 Å². The van der Waals surface area contributed by atoms with Crippen LogP contribution in [-0.4, -0.2) is 37.7 Å². The number of carbonyl (C=O) groups is 1. The van der Waals surface area contributed by atoms with Gasteiger partial charge in [0, 0.05) is 23.7 Å². The number of nitrogens with zero attached hydrogens (tertiary/aromatic N) is 1. The molecule has 0 saturated carbocycles. The second-order valence-corrected chi connectivity index (χ2v) is 17.7. The molecule has 6 heteroatoms. The summed E-state index contributed by atoms with van der Waals surface area (Å²) in [6.07, 6.45) is 5.14. The topological polar surface area (TPSA) is 52.5 Å². The molecule has 2 aromatic rings. The van der Waals surface area contributed by atoms with Gasteiger partial charge in [0.2, 0.25) is 0 Å². The highest BCUT2D eigenvalue weighted by Crippen LogP contribution is 2.54. The number of hydrogen-bond donors (Lipinski definition) is 1. The van der Waals surface area contributed by atoms with Gasteiger partial charge in [-0.3, -0.25) is 0 Å². The van der Waals surface area contributed by atoms with Crippen LogP contribution in [0.4, 0.5) is 4.79 Å². The van der Waals surface area contributed by atoms with Crippen LogP contribution in [0.25, 0.3) is 10.9 Å². The number of nitrogens with one attached hydrogen (secondary N) is 1. The van der Waals surface area contributed by atoms with Crippen LogP contribution in [0.3, 0.4) is 0 Å². The van der Waals surface area contributed by atoms with Crippen LogP contribution in [-0.2, 0) is 15.6 Å². The van der Waals surface area contributed by atoms with Crippen molar-refractivity contribution in [2.24, 2.45) is 5.41 Å². The average Bonchev–Trinajstić information content (AvgIpc) is 3.06. The minimum atomic E-state index is -1.78. The van der Waals surface area contributed by atoms with Gasteiger partial charge in [-0.15, -0.1) is 0 Å². The Morgan fingerprint density at radius 2 is 1.85 bits per heavy atom. The molecule has 1 aliphatic carbocycles. The smallest absolute Gasteiger partial charge is 0.419 e. The van der Waals surface area contributed by atoms with Gasteiger partial charge in [-0.05, 0) is 94.6 Å². The molecule has 188 valence electrons. The lowest BCUT2D eigenvalue weighted by Crippen LogP contribution is -2.48. The monoisotopic (exact) mass is 484 g/mol. The lowest BCUT2D eigenvalue weighted by atomic mass is 9.63. The Morgan fingerprint density at radius 3 is 2.53 bits per heavy atom. The molecule has 1 N–H and O–H groups in total. The van der Waals surface area contributed by atoms with Gasteiger partial charge in [-0.1, -0.05) is 39.0 Å². The maximum atomic E-state index is 13.3. The van der Waals surface area contributed by atoms with E-state index in [1.807, 2.05) is 31.4 Å². The molecule has 5 nitrogen and oxygen atoms in total. The predicted octanol–water partition coefficient (Wildman–Crippen LogP) is 7.19. The lowest BCUT2D eigenvalue weighted by molar-refractivity contribution is 0.0517. The summed E-state index contributed by atoms with van der Waals surface area (Å²) in [7, 11) is -1.78. The van der Waals surface area contributed by atoms with Crippen molar-refractivity contribution in [2.45, 2.75) is 103 Å². The first-order chi connectivity index (χ1) is 15.8. The van der Waals surface area contributed by atoms with E-state index in [2.05, 4.69) is 57.4 Å². The first-order valence-electron chi connectivity index (χ1n) is 13.0. The highest BCUT2D eigenvalue weighted by atomic mass is 28.4. The van der Waals surface area contributed by atoms with Gasteiger partial charge in [-0.25, -0.2) is 9.36 Å². The molecular formula is C28H44N2O3Si. The lowest BCUT2D eigenvalue weighted by Gasteiger charge is -2.49. The van der Waals surface area contributed by atoms with E-state index in [-0.39, 0.29) is 22.6 Å². The maximum Gasteiger partial charge on any atom is 0.419 e. The van der Waals surface area contributed by atoms with E-state index >= 15 is 0 Å². The molecule has 0 amide bonds. The largest absolute Gasteiger partial charge is 0.443 e. The van der Waals surface area contributed by atoms with Crippen molar-refractivity contribution in [3.8, 4) is 0 Å². The summed E-state index contributed by atoms with van der Waals surface area (Å²) in [6, 6.07) is 8.57. The Labute approximate surface area is 206 Å². The fourth-order valence-electron chi connectivity index (χ4n) is 5.62. The quantitative estimate of drug-likeness (QED) is 0.466. The standard InChI is InChI=1S/C28H44N2O3Si/c1-26(2,3)33-25(31)30-21-13-10-9-12-20(21)23-22(30)14-16-28(15-11-18-29-24(23)28)17-19-32-34(7,8)27(4,5)6/h9-10,12-13,24,29H,11,14-19H2,1-8H3/t24-,28-/m1/s1. The van der Waals surface area contributed by atoms with Gasteiger partial charge in [0.1, 0.15) is 5.60 Å². The third-order valence-electron chi connectivity index (χ3n) is 8.42. The number of fused-ring (bicyclic) bond motifs is 5. The van der Waals surface area contributed by atoms with Crippen molar-refractivity contribution < 1.29 is 14.0 Å². The maximum absolute atomic E-state index is 13.3. The van der Waals surface area contributed by atoms with Crippen molar-refractivity contribution in [3.05, 3.63) is 35.5 Å². The highest BCUT2D eigenvalue weighted by molar-refractivity contribution is 6.74. The van der Waals surface area contributed by atoms with Crippen LogP contribution in [0.2, 0.25) is 18.1 Å². The molecular weight excluding hydrogens is 440 g/mol. The number of benzene rings is 1. The van der Waals surface area contributed by atoms with Crippen molar-refractivity contribution in [1.82, 2.24) is 9.88 Å². The molecule has 0 spiro atoms. The zero-order valence-corrected chi connectivity index (χ0v) is 23.5. The highest BCUT2D eigenvalue weighted by Gasteiger charge is 2.48. The van der Waals surface area contributed by atoms with Crippen LogP contribution in [0.5, 0.6) is 0 Å². The first kappa shape index (κ1) is 25.5. The minimum Gasteiger partial charge on any atom is -0.443 e. The third kappa shape index (κ3) is 4.61. The molecule has 1 aromatic carbocycles. The summed E-state index contributed by atoms with van der Waals surface area (Å²) in [5.74, 6) is 0. The van der Waals surface area contributed by atoms with E-state index in [4.69, 9.17) is 9.16 Å². The van der Waals surface area contributed by atoms with Crippen molar-refractivity contribution in [1.29, 1.82) is 0 Å². The van der Waals surface area contributed by atoms with E-state index in [1.165, 1.54) is 23.8 Å². The number of aromatic nitrogens is 1. The SMILES string of the molecule is CC(C)(C)OC(=O)n1c2c(c3ccccc31)[C@H]1NCCC[C@]1(CCO[Si](C)(C)C(C)(C)C)CC2. The van der Waals surface area contributed by atoms with Crippen LogP contribution in [0.15, 0.2) is 24.3 Å². The molecule has 2 aliphatic rings. The average molecular weight is 485 g/mol. The molecule has 2 atom stereocenters. The molecule has 1 aromatic heterocycles. The number of piperidine rings is 1. The molecule has 0 bridgehead atoms. The molecule has 1 saturated heterocycles. The Balaban J connectivity index is 1.70. The summed E-state index contributed by atoms with van der Waals surface area (Å²) in [5, 5.41) is 5.27. The molecule has 0 radical (unpaired) electrons. The summed E-state index contributed by atoms with van der Waals surface area (Å²) in [4.78, 5) is 13.3. The van der Waals surface area contributed by atoms with Gasteiger partial charge >= 0.3 is 6.09 Å². The van der Waals surface area contributed by atoms with E-state index in [9.17, 15) is 4.79 Å². The second kappa shape index (κ2) is 8.79. The fourth-order valence-corrected chi connectivity index (χ4v) is 6.66. The summed E-state index contributed by atoms with van der Waals surface area (Å²) in [6.45, 7) is 19.2. The van der Waals surface area contributed by atoms with E-state index in [0.29, 0.717) is 0 Å². The normalized spacial score (nSPS) is 23.5. The molecule has 0 unspecified atom stereocenters. The Hall–Kier alpha value is -1.63. The number of rotatable bonds is 4. The van der Waals surface area contributed by atoms with Crippen molar-refractivity contribution in [3.63, 3.8) is 0 Å². The van der Waals surface area contributed by atoms with Crippen LogP contribution in [0.1, 0.15) is 84.5 Å². The second-order valence-electron chi connectivity index (χ2n) is 12.9. The Kier molecular flexibility index (Phi) is 6.58. The number of ether oxygens (including phenoxy) is 1. The van der Waals surface area contributed by atoms with Gasteiger partial charge in [-0.2, -0.15) is 0 Å². The van der Waals surface area contributed by atoms with Gasteiger partial charge < -0.3 is 14.5 Å². The van der Waals surface area contributed by atoms with Gasteiger partial charge in [0.05, 0.1) is 5.52 Å². The Morgan fingerprint density at radius 1 is 1.15 bits per heavy atom. The molecule has 4 rings (SSSR count). The Bertz CT molecular complexity index is 1060. The third-order valence-corrected chi connectivity index (χ3v) is 13.0. The first-order valence-corrected chi connectivity index (χ1v) is 15.9. The van der Waals surface area contributed by atoms with E-state index in [1.54, 1.807) is 0 Å². The summed E-state index contributed by atoms with van der Waals surface area (Å²) < 4.78 is 14.3. The molecule has 1 fully saturated rings. The zero-order valence-electron chi connectivity index (χ0n) is 22.5. The van der Waals surface area contributed by atoms with Crippen LogP contribution in [0, 0.1) is 5.41 Å². The summed E-state index contributed by atoms with van der Waals surface area (Å²) in [5.41, 5.74) is 3.02. The van der Waals surface area contributed by atoms with Crippen molar-refractivity contribution in [2.75, 3.05) is 13.2 Å². The predicted molar refractivity (Wildman–Crippen MR) is 142 cm³/mol. The number of hydrogen-bond acceptors (Lipinski definition) is 4. The van der Waals surface area contributed by atoms with E-state index < -0.39 is 13.9 Å². The van der Waals surface area contributed by atoms with Crippen LogP contribution >= 0.6 is 0 Å². The number of carbonyl (C=O) groups excluding carboxylic acids is 1. The number of para-hydroxylation sites is 1. The molecule has 2 heterocycles. The zero-order chi connectivity index (χ0) is 24.9. The fraction of sp³-hybridized carbons (Fsp3) is 0.679. The molecule has 34 heavy (non-hydrogen) atoms.